The zero-order chi connectivity index (χ0) is 10.1. The van der Waals surface area contributed by atoms with Crippen LogP contribution in [-0.2, 0) is 12.7 Å². The average molecular weight is 190 g/mol. The van der Waals surface area contributed by atoms with Gasteiger partial charge in [-0.3, -0.25) is 9.89 Å². The second kappa shape index (κ2) is 3.01. The summed E-state index contributed by atoms with van der Waals surface area (Å²) in [5.74, 6) is 2.05. The Kier molecular flexibility index (Phi) is 2.19. The molecule has 1 aromatic rings. The van der Waals surface area contributed by atoms with Gasteiger partial charge < -0.3 is 0 Å². The van der Waals surface area contributed by atoms with Gasteiger partial charge in [-0.25, -0.2) is 4.68 Å². The third-order valence-electron chi connectivity index (χ3n) is 1.34. The van der Waals surface area contributed by atoms with E-state index in [1.165, 1.54) is 0 Å². The summed E-state index contributed by atoms with van der Waals surface area (Å²) in [6.45, 7) is -0.199. The molecule has 0 aliphatic rings. The second-order valence-electron chi connectivity index (χ2n) is 2.30. The number of terminal acetylenes is 1. The van der Waals surface area contributed by atoms with E-state index in [4.69, 9.17) is 6.42 Å². The number of hydrogen-bond donors (Lipinski definition) is 1. The molecule has 0 aromatic carbocycles. The van der Waals surface area contributed by atoms with Gasteiger partial charge in [0.1, 0.15) is 12.2 Å². The van der Waals surface area contributed by atoms with Gasteiger partial charge in [0.25, 0.3) is 5.56 Å². The van der Waals surface area contributed by atoms with Crippen molar-refractivity contribution in [1.82, 2.24) is 9.78 Å². The Morgan fingerprint density at radius 3 is 2.62 bits per heavy atom. The Labute approximate surface area is 71.2 Å². The summed E-state index contributed by atoms with van der Waals surface area (Å²) in [5.41, 5.74) is -1.88. The number of H-pyrrole nitrogens is 1. The summed E-state index contributed by atoms with van der Waals surface area (Å²) >= 11 is 0. The van der Waals surface area contributed by atoms with Crippen LogP contribution in [0.15, 0.2) is 10.9 Å². The molecule has 70 valence electrons. The molecule has 0 saturated carbocycles. The van der Waals surface area contributed by atoms with E-state index in [1.54, 1.807) is 0 Å². The quantitative estimate of drug-likeness (QED) is 0.654. The summed E-state index contributed by atoms with van der Waals surface area (Å²) < 4.78 is 36.7. The number of aromatic amines is 1. The summed E-state index contributed by atoms with van der Waals surface area (Å²) in [6, 6.07) is 0.470. The molecule has 3 nitrogen and oxygen atoms in total. The van der Waals surface area contributed by atoms with Crippen LogP contribution in [0, 0.1) is 12.3 Å². The van der Waals surface area contributed by atoms with Gasteiger partial charge in [-0.05, 0) is 0 Å². The Balaban J connectivity index is 3.11. The van der Waals surface area contributed by atoms with E-state index in [0.29, 0.717) is 10.7 Å². The molecule has 0 unspecified atom stereocenters. The topological polar surface area (TPSA) is 37.8 Å². The van der Waals surface area contributed by atoms with Crippen LogP contribution in [0.1, 0.15) is 5.69 Å². The fourth-order valence-corrected chi connectivity index (χ4v) is 0.788. The van der Waals surface area contributed by atoms with E-state index in [-0.39, 0.29) is 6.54 Å². The Hall–Kier alpha value is -1.64. The maximum atomic E-state index is 12.0. The molecule has 1 rings (SSSR count). The number of nitrogens with one attached hydrogen (secondary N) is 1. The van der Waals surface area contributed by atoms with E-state index < -0.39 is 17.4 Å². The third kappa shape index (κ3) is 1.93. The zero-order valence-electron chi connectivity index (χ0n) is 6.35. The first-order chi connectivity index (χ1) is 5.95. The first-order valence-corrected chi connectivity index (χ1v) is 3.25. The highest BCUT2D eigenvalue weighted by atomic mass is 19.4. The molecule has 0 aliphatic heterocycles. The SMILES string of the molecule is C#CCn1[nH]c(C(F)(F)F)cc1=O. The Morgan fingerprint density at radius 2 is 2.23 bits per heavy atom. The first-order valence-electron chi connectivity index (χ1n) is 3.25. The average Bonchev–Trinajstić information content (AvgIpc) is 2.32. The number of halogens is 3. The molecular weight excluding hydrogens is 185 g/mol. The fraction of sp³-hybridized carbons (Fsp3) is 0.286. The van der Waals surface area contributed by atoms with E-state index in [1.807, 2.05) is 5.10 Å². The molecule has 0 radical (unpaired) electrons. The van der Waals surface area contributed by atoms with Crippen LogP contribution in [0.4, 0.5) is 13.2 Å². The van der Waals surface area contributed by atoms with Crippen molar-refractivity contribution in [3.63, 3.8) is 0 Å². The maximum Gasteiger partial charge on any atom is 0.432 e. The van der Waals surface area contributed by atoms with Crippen molar-refractivity contribution in [3.8, 4) is 12.3 Å². The van der Waals surface area contributed by atoms with Crippen LogP contribution in [0.25, 0.3) is 0 Å². The maximum absolute atomic E-state index is 12.0. The standard InChI is InChI=1S/C7H5F3N2O/c1-2-3-12-6(13)4-5(11-12)7(8,9)10/h1,4,11H,3H2. The van der Waals surface area contributed by atoms with Gasteiger partial charge in [0.05, 0.1) is 0 Å². The van der Waals surface area contributed by atoms with Crippen molar-refractivity contribution in [1.29, 1.82) is 0 Å². The van der Waals surface area contributed by atoms with Gasteiger partial charge in [-0.15, -0.1) is 6.42 Å². The lowest BCUT2D eigenvalue weighted by Gasteiger charge is -2.01. The highest BCUT2D eigenvalue weighted by Gasteiger charge is 2.33. The van der Waals surface area contributed by atoms with Gasteiger partial charge in [-0.1, -0.05) is 5.92 Å². The Morgan fingerprint density at radius 1 is 1.62 bits per heavy atom. The summed E-state index contributed by atoms with van der Waals surface area (Å²) in [4.78, 5) is 10.8. The number of aromatic nitrogens is 2. The predicted octanol–water partition coefficient (Wildman–Crippen LogP) is 0.828. The van der Waals surface area contributed by atoms with E-state index in [2.05, 4.69) is 5.92 Å². The number of nitrogens with zero attached hydrogens (tertiary/aromatic N) is 1. The van der Waals surface area contributed by atoms with Crippen LogP contribution in [0.5, 0.6) is 0 Å². The van der Waals surface area contributed by atoms with Gasteiger partial charge in [-0.2, -0.15) is 13.2 Å². The summed E-state index contributed by atoms with van der Waals surface area (Å²) in [6.07, 6.45) is 0.294. The number of hydrogen-bond acceptors (Lipinski definition) is 1. The highest BCUT2D eigenvalue weighted by molar-refractivity contribution is 5.04. The minimum atomic E-state index is -4.54. The predicted molar refractivity (Wildman–Crippen MR) is 38.9 cm³/mol. The molecule has 0 bridgehead atoms. The van der Waals surface area contributed by atoms with Crippen LogP contribution < -0.4 is 5.56 Å². The van der Waals surface area contributed by atoms with Crippen molar-refractivity contribution in [2.45, 2.75) is 12.7 Å². The molecule has 0 spiro atoms. The fourth-order valence-electron chi connectivity index (χ4n) is 0.788. The molecule has 1 N–H and O–H groups in total. The molecule has 0 saturated heterocycles. The van der Waals surface area contributed by atoms with Gasteiger partial charge >= 0.3 is 6.18 Å². The third-order valence-corrected chi connectivity index (χ3v) is 1.34. The van der Waals surface area contributed by atoms with E-state index >= 15 is 0 Å². The molecule has 13 heavy (non-hydrogen) atoms. The van der Waals surface area contributed by atoms with Crippen LogP contribution in [-0.4, -0.2) is 9.78 Å². The highest BCUT2D eigenvalue weighted by Crippen LogP contribution is 2.26. The lowest BCUT2D eigenvalue weighted by atomic mass is 10.4. The minimum Gasteiger partial charge on any atom is -0.290 e. The molecular formula is C7H5F3N2O. The van der Waals surface area contributed by atoms with Crippen LogP contribution in [0.2, 0.25) is 0 Å². The lowest BCUT2D eigenvalue weighted by molar-refractivity contribution is -0.141. The minimum absolute atomic E-state index is 0.199. The van der Waals surface area contributed by atoms with Crippen LogP contribution >= 0.6 is 0 Å². The summed E-state index contributed by atoms with van der Waals surface area (Å²) in [7, 11) is 0. The molecule has 0 atom stereocenters. The van der Waals surface area contributed by atoms with Crippen molar-refractivity contribution >= 4 is 0 Å². The van der Waals surface area contributed by atoms with E-state index in [9.17, 15) is 18.0 Å². The van der Waals surface area contributed by atoms with Crippen LogP contribution in [0.3, 0.4) is 0 Å². The number of rotatable bonds is 1. The number of alkyl halides is 3. The van der Waals surface area contributed by atoms with Gasteiger partial charge in [0.15, 0.2) is 0 Å². The lowest BCUT2D eigenvalue weighted by Crippen LogP contribution is -2.14. The summed E-state index contributed by atoms with van der Waals surface area (Å²) in [5, 5.41) is 1.86. The molecule has 1 aromatic heterocycles. The molecule has 0 amide bonds. The Bertz CT molecular complexity index is 393. The zero-order valence-corrected chi connectivity index (χ0v) is 6.35. The van der Waals surface area contributed by atoms with Crippen molar-refractivity contribution in [2.24, 2.45) is 0 Å². The van der Waals surface area contributed by atoms with Crippen molar-refractivity contribution < 1.29 is 13.2 Å². The van der Waals surface area contributed by atoms with Crippen molar-refractivity contribution in [3.05, 3.63) is 22.1 Å². The van der Waals surface area contributed by atoms with Gasteiger partial charge in [0, 0.05) is 6.07 Å². The largest absolute Gasteiger partial charge is 0.432 e. The smallest absolute Gasteiger partial charge is 0.290 e. The van der Waals surface area contributed by atoms with Gasteiger partial charge in [0.2, 0.25) is 0 Å². The normalized spacial score (nSPS) is 11.2. The van der Waals surface area contributed by atoms with E-state index in [0.717, 1.165) is 0 Å². The monoisotopic (exact) mass is 190 g/mol. The second-order valence-corrected chi connectivity index (χ2v) is 2.30. The molecule has 1 heterocycles. The molecule has 0 aliphatic carbocycles. The molecule has 0 fully saturated rings. The van der Waals surface area contributed by atoms with Crippen molar-refractivity contribution in [2.75, 3.05) is 0 Å². The first kappa shape index (κ1) is 9.45. The molecule has 6 heteroatoms.